The van der Waals surface area contributed by atoms with Gasteiger partial charge >= 0.3 is 0 Å². The molecule has 0 spiro atoms. The fourth-order valence-corrected chi connectivity index (χ4v) is 2.22. The molecule has 116 valence electrons. The van der Waals surface area contributed by atoms with E-state index in [0.29, 0.717) is 6.61 Å². The molecule has 0 aliphatic rings. The summed E-state index contributed by atoms with van der Waals surface area (Å²) in [5.41, 5.74) is 2.18. The Morgan fingerprint density at radius 1 is 1.29 bits per heavy atom. The maximum atomic E-state index is 9.00. The van der Waals surface area contributed by atoms with Crippen LogP contribution in [0.2, 0.25) is 0 Å². The van der Waals surface area contributed by atoms with Crippen LogP contribution in [-0.4, -0.2) is 13.2 Å². The van der Waals surface area contributed by atoms with E-state index in [-0.39, 0.29) is 5.41 Å². The molecule has 1 rings (SSSR count). The summed E-state index contributed by atoms with van der Waals surface area (Å²) >= 11 is 0. The lowest BCUT2D eigenvalue weighted by Gasteiger charge is -2.16. The van der Waals surface area contributed by atoms with Gasteiger partial charge in [0.1, 0.15) is 5.75 Å². The minimum Gasteiger partial charge on any atom is -0.493 e. The highest BCUT2D eigenvalue weighted by Gasteiger charge is 2.15. The molecule has 0 aliphatic carbocycles. The normalized spacial score (nSPS) is 11.2. The topological polar surface area (TPSA) is 45.0 Å². The van der Waals surface area contributed by atoms with E-state index in [9.17, 15) is 0 Å². The van der Waals surface area contributed by atoms with Gasteiger partial charge < -0.3 is 10.1 Å². The Balaban J connectivity index is 2.46. The Bertz CT molecular complexity index is 475. The number of hydrogen-bond acceptors (Lipinski definition) is 3. The number of para-hydroxylation sites is 1. The van der Waals surface area contributed by atoms with Gasteiger partial charge in [-0.1, -0.05) is 25.1 Å². The van der Waals surface area contributed by atoms with Crippen LogP contribution in [0.3, 0.4) is 0 Å². The molecule has 0 heterocycles. The Hall–Kier alpha value is -1.53. The fraction of sp³-hybridized carbons (Fsp3) is 0.611. The molecule has 0 fully saturated rings. The van der Waals surface area contributed by atoms with Crippen LogP contribution in [0.1, 0.15) is 51.2 Å². The van der Waals surface area contributed by atoms with Crippen LogP contribution in [0.5, 0.6) is 5.75 Å². The summed E-state index contributed by atoms with van der Waals surface area (Å²) in [6, 6.07) is 8.62. The fourth-order valence-electron chi connectivity index (χ4n) is 2.22. The smallest absolute Gasteiger partial charge is 0.126 e. The molecule has 0 radical (unpaired) electrons. The largest absolute Gasteiger partial charge is 0.493 e. The number of benzene rings is 1. The van der Waals surface area contributed by atoms with Crippen molar-refractivity contribution >= 4 is 0 Å². The number of hydrogen-bond donors (Lipinski definition) is 1. The zero-order valence-corrected chi connectivity index (χ0v) is 13.8. The first-order valence-electron chi connectivity index (χ1n) is 7.83. The van der Waals surface area contributed by atoms with E-state index >= 15 is 0 Å². The number of ether oxygens (including phenoxy) is 1. The maximum absolute atomic E-state index is 9.00. The van der Waals surface area contributed by atoms with Crippen molar-refractivity contribution in [1.29, 1.82) is 5.26 Å². The first-order valence-corrected chi connectivity index (χ1v) is 7.83. The Morgan fingerprint density at radius 3 is 2.71 bits per heavy atom. The average molecular weight is 288 g/mol. The molecule has 21 heavy (non-hydrogen) atoms. The molecule has 0 unspecified atom stereocenters. The second-order valence-corrected chi connectivity index (χ2v) is 6.14. The number of nitriles is 1. The van der Waals surface area contributed by atoms with Gasteiger partial charge in [0.15, 0.2) is 0 Å². The molecular weight excluding hydrogens is 260 g/mol. The molecule has 3 heteroatoms. The van der Waals surface area contributed by atoms with Crippen molar-refractivity contribution in [2.24, 2.45) is 5.41 Å². The lowest BCUT2D eigenvalue weighted by Crippen LogP contribution is -2.14. The Kier molecular flexibility index (Phi) is 7.25. The van der Waals surface area contributed by atoms with E-state index < -0.39 is 0 Å². The van der Waals surface area contributed by atoms with Crippen LogP contribution in [0.15, 0.2) is 18.2 Å². The summed E-state index contributed by atoms with van der Waals surface area (Å²) < 4.78 is 5.99. The van der Waals surface area contributed by atoms with Crippen LogP contribution in [0.4, 0.5) is 0 Å². The van der Waals surface area contributed by atoms with Crippen LogP contribution in [0, 0.1) is 23.7 Å². The average Bonchev–Trinajstić information content (AvgIpc) is 2.46. The molecule has 1 N–H and O–H groups in total. The second kappa shape index (κ2) is 8.69. The molecular formula is C18H28N2O. The van der Waals surface area contributed by atoms with Crippen LogP contribution < -0.4 is 10.1 Å². The van der Waals surface area contributed by atoms with Crippen molar-refractivity contribution in [3.05, 3.63) is 29.3 Å². The predicted molar refractivity (Wildman–Crippen MR) is 87.3 cm³/mol. The highest BCUT2D eigenvalue weighted by atomic mass is 16.5. The van der Waals surface area contributed by atoms with Gasteiger partial charge in [-0.2, -0.15) is 5.26 Å². The minimum absolute atomic E-state index is 0.223. The number of aryl methyl sites for hydroxylation is 1. The van der Waals surface area contributed by atoms with Gasteiger partial charge in [0, 0.05) is 12.1 Å². The highest BCUT2D eigenvalue weighted by Crippen LogP contribution is 2.25. The predicted octanol–water partition coefficient (Wildman–Crippen LogP) is 4.20. The molecule has 0 atom stereocenters. The van der Waals surface area contributed by atoms with Gasteiger partial charge in [-0.3, -0.25) is 0 Å². The molecule has 3 nitrogen and oxygen atoms in total. The number of rotatable bonds is 9. The number of nitrogens with zero attached hydrogens (tertiary/aromatic N) is 1. The molecule has 0 aromatic heterocycles. The standard InChI is InChI=1S/C18H28N2O/c1-5-20-13-16-10-8-9-15(2)17(16)21-12-7-6-11-18(3,4)14-19/h8-10,20H,5-7,11-13H2,1-4H3. The third-order valence-electron chi connectivity index (χ3n) is 3.60. The van der Waals surface area contributed by atoms with Gasteiger partial charge in [0.05, 0.1) is 18.1 Å². The molecule has 1 aromatic carbocycles. The summed E-state index contributed by atoms with van der Waals surface area (Å²) in [6.45, 7) is 10.7. The first-order chi connectivity index (χ1) is 10.00. The summed E-state index contributed by atoms with van der Waals surface area (Å²) in [7, 11) is 0. The van der Waals surface area contributed by atoms with Crippen molar-refractivity contribution in [2.45, 2.75) is 53.5 Å². The van der Waals surface area contributed by atoms with E-state index in [0.717, 1.165) is 38.1 Å². The molecule has 0 saturated carbocycles. The summed E-state index contributed by atoms with van der Waals surface area (Å²) in [6.07, 6.45) is 2.93. The van der Waals surface area contributed by atoms with Gasteiger partial charge in [0.2, 0.25) is 0 Å². The quantitative estimate of drug-likeness (QED) is 0.692. The van der Waals surface area contributed by atoms with Crippen LogP contribution in [-0.2, 0) is 6.54 Å². The zero-order chi connectivity index (χ0) is 15.7. The summed E-state index contributed by atoms with van der Waals surface area (Å²) in [4.78, 5) is 0. The molecule has 0 saturated heterocycles. The lowest BCUT2D eigenvalue weighted by atomic mass is 9.89. The van der Waals surface area contributed by atoms with E-state index in [1.807, 2.05) is 13.8 Å². The SMILES string of the molecule is CCNCc1cccc(C)c1OCCCCC(C)(C)C#N. The summed E-state index contributed by atoms with van der Waals surface area (Å²) in [5.74, 6) is 1.01. The third-order valence-corrected chi connectivity index (χ3v) is 3.60. The Morgan fingerprint density at radius 2 is 2.05 bits per heavy atom. The van der Waals surface area contributed by atoms with Gasteiger partial charge in [0.25, 0.3) is 0 Å². The van der Waals surface area contributed by atoms with E-state index in [4.69, 9.17) is 10.00 Å². The van der Waals surface area contributed by atoms with Gasteiger partial charge in [-0.05, 0) is 52.1 Å². The van der Waals surface area contributed by atoms with Crippen molar-refractivity contribution < 1.29 is 4.74 Å². The highest BCUT2D eigenvalue weighted by molar-refractivity contribution is 5.40. The molecule has 0 bridgehead atoms. The second-order valence-electron chi connectivity index (χ2n) is 6.14. The van der Waals surface area contributed by atoms with Crippen LogP contribution in [0.25, 0.3) is 0 Å². The number of nitrogens with one attached hydrogen (secondary N) is 1. The third kappa shape index (κ3) is 6.18. The van der Waals surface area contributed by atoms with E-state index in [2.05, 4.69) is 43.4 Å². The van der Waals surface area contributed by atoms with Crippen molar-refractivity contribution in [2.75, 3.05) is 13.2 Å². The molecule has 0 amide bonds. The maximum Gasteiger partial charge on any atom is 0.126 e. The van der Waals surface area contributed by atoms with Crippen molar-refractivity contribution in [3.63, 3.8) is 0 Å². The monoisotopic (exact) mass is 288 g/mol. The van der Waals surface area contributed by atoms with Gasteiger partial charge in [-0.15, -0.1) is 0 Å². The zero-order valence-electron chi connectivity index (χ0n) is 13.8. The summed E-state index contributed by atoms with van der Waals surface area (Å²) in [5, 5.41) is 12.3. The Labute approximate surface area is 129 Å². The molecule has 0 aliphatic heterocycles. The van der Waals surface area contributed by atoms with Crippen LogP contribution >= 0.6 is 0 Å². The lowest BCUT2D eigenvalue weighted by molar-refractivity contribution is 0.290. The molecule has 1 aromatic rings. The van der Waals surface area contributed by atoms with Gasteiger partial charge in [-0.25, -0.2) is 0 Å². The van der Waals surface area contributed by atoms with E-state index in [1.54, 1.807) is 0 Å². The number of unbranched alkanes of at least 4 members (excludes halogenated alkanes) is 1. The van der Waals surface area contributed by atoms with Crippen molar-refractivity contribution in [1.82, 2.24) is 5.32 Å². The van der Waals surface area contributed by atoms with E-state index in [1.165, 1.54) is 11.1 Å². The van der Waals surface area contributed by atoms with Crippen molar-refractivity contribution in [3.8, 4) is 11.8 Å². The first kappa shape index (κ1) is 17.5. The minimum atomic E-state index is -0.223.